The number of piperazine rings is 1. The summed E-state index contributed by atoms with van der Waals surface area (Å²) in [6, 6.07) is 22.2. The van der Waals surface area contributed by atoms with E-state index in [-0.39, 0.29) is 23.7 Å². The molecule has 0 aliphatic carbocycles. The van der Waals surface area contributed by atoms with E-state index in [0.29, 0.717) is 43.7 Å². The fourth-order valence-electron chi connectivity index (χ4n) is 4.45. The number of para-hydroxylation sites is 2. The number of hydrogen-bond donors (Lipinski definition) is 1. The second-order valence-corrected chi connectivity index (χ2v) is 8.15. The molecule has 1 amide bonds. The Kier molecular flexibility index (Phi) is 5.27. The van der Waals surface area contributed by atoms with Gasteiger partial charge in [-0.15, -0.1) is 0 Å². The van der Waals surface area contributed by atoms with Gasteiger partial charge in [0, 0.05) is 38.2 Å². The van der Waals surface area contributed by atoms with E-state index in [2.05, 4.69) is 4.90 Å². The fourth-order valence-corrected chi connectivity index (χ4v) is 4.45. The molecule has 0 spiro atoms. The predicted molar refractivity (Wildman–Crippen MR) is 121 cm³/mol. The standard InChI is InChI=1S/C26H24N2O4/c29-23-9-5-4-8-22(23)27-12-14-28(15-13-27)25(30)19-10-11-21-20(16-19)17-24(32-26(21)31)18-6-2-1-3-7-18/h1-11,16,24,29H,12-15,17H2/t24-/m1/s1. The summed E-state index contributed by atoms with van der Waals surface area (Å²) in [5.41, 5.74) is 3.69. The Balaban J connectivity index is 1.31. The van der Waals surface area contributed by atoms with Crippen molar-refractivity contribution in [3.63, 3.8) is 0 Å². The summed E-state index contributed by atoms with van der Waals surface area (Å²) in [7, 11) is 0. The number of rotatable bonds is 3. The third kappa shape index (κ3) is 3.80. The van der Waals surface area contributed by atoms with Crippen molar-refractivity contribution < 1.29 is 19.4 Å². The van der Waals surface area contributed by atoms with Gasteiger partial charge < -0.3 is 19.6 Å². The molecule has 32 heavy (non-hydrogen) atoms. The third-order valence-corrected chi connectivity index (χ3v) is 6.19. The van der Waals surface area contributed by atoms with Crippen molar-refractivity contribution in [3.8, 4) is 5.75 Å². The lowest BCUT2D eigenvalue weighted by molar-refractivity contribution is 0.0252. The number of esters is 1. The number of phenolic OH excluding ortho intramolecular Hbond substituents is 1. The number of carbonyl (C=O) groups excluding carboxylic acids is 2. The Morgan fingerprint density at radius 3 is 2.38 bits per heavy atom. The van der Waals surface area contributed by atoms with E-state index in [4.69, 9.17) is 4.74 Å². The van der Waals surface area contributed by atoms with Crippen molar-refractivity contribution >= 4 is 17.6 Å². The van der Waals surface area contributed by atoms with Gasteiger partial charge in [-0.3, -0.25) is 4.79 Å². The van der Waals surface area contributed by atoms with Gasteiger partial charge in [0.05, 0.1) is 11.3 Å². The molecule has 1 atom stereocenters. The molecule has 1 N–H and O–H groups in total. The van der Waals surface area contributed by atoms with E-state index in [0.717, 1.165) is 16.8 Å². The molecule has 0 radical (unpaired) electrons. The molecule has 3 aromatic carbocycles. The SMILES string of the molecule is O=C1O[C@@H](c2ccccc2)Cc2cc(C(=O)N3CCN(c4ccccc4O)CC3)ccc21. The summed E-state index contributed by atoms with van der Waals surface area (Å²) in [4.78, 5) is 29.6. The van der Waals surface area contributed by atoms with Crippen LogP contribution in [0.25, 0.3) is 0 Å². The van der Waals surface area contributed by atoms with Crippen LogP contribution in [0.3, 0.4) is 0 Å². The van der Waals surface area contributed by atoms with Gasteiger partial charge in [-0.2, -0.15) is 0 Å². The Hall–Kier alpha value is -3.80. The molecule has 2 heterocycles. The van der Waals surface area contributed by atoms with Crippen molar-refractivity contribution in [2.24, 2.45) is 0 Å². The van der Waals surface area contributed by atoms with E-state index in [1.165, 1.54) is 0 Å². The maximum absolute atomic E-state index is 13.2. The summed E-state index contributed by atoms with van der Waals surface area (Å²) in [5, 5.41) is 10.1. The second-order valence-electron chi connectivity index (χ2n) is 8.15. The van der Waals surface area contributed by atoms with E-state index in [9.17, 15) is 14.7 Å². The van der Waals surface area contributed by atoms with Crippen LogP contribution in [0.1, 0.15) is 37.9 Å². The molecule has 2 aliphatic rings. The monoisotopic (exact) mass is 428 g/mol. The number of amides is 1. The van der Waals surface area contributed by atoms with Gasteiger partial charge >= 0.3 is 5.97 Å². The highest BCUT2D eigenvalue weighted by Gasteiger charge is 2.29. The average molecular weight is 428 g/mol. The van der Waals surface area contributed by atoms with Crippen molar-refractivity contribution in [2.45, 2.75) is 12.5 Å². The van der Waals surface area contributed by atoms with Crippen LogP contribution in [0, 0.1) is 0 Å². The molecule has 0 aromatic heterocycles. The van der Waals surface area contributed by atoms with Crippen LogP contribution in [0.2, 0.25) is 0 Å². The molecule has 6 heteroatoms. The number of ether oxygens (including phenoxy) is 1. The first-order chi connectivity index (χ1) is 15.6. The summed E-state index contributed by atoms with van der Waals surface area (Å²) in [6.45, 7) is 2.44. The normalized spacial score (nSPS) is 18.1. The molecule has 0 bridgehead atoms. The molecule has 1 saturated heterocycles. The molecule has 0 unspecified atom stereocenters. The van der Waals surface area contributed by atoms with Crippen molar-refractivity contribution in [3.05, 3.63) is 95.1 Å². The van der Waals surface area contributed by atoms with Crippen LogP contribution in [0.4, 0.5) is 5.69 Å². The molecular weight excluding hydrogens is 404 g/mol. The molecule has 5 rings (SSSR count). The zero-order valence-corrected chi connectivity index (χ0v) is 17.6. The van der Waals surface area contributed by atoms with Crippen LogP contribution in [0.15, 0.2) is 72.8 Å². The Morgan fingerprint density at radius 2 is 1.62 bits per heavy atom. The molecule has 162 valence electrons. The quantitative estimate of drug-likeness (QED) is 0.643. The van der Waals surface area contributed by atoms with Gasteiger partial charge in [0.15, 0.2) is 0 Å². The molecule has 3 aromatic rings. The molecule has 2 aliphatic heterocycles. The van der Waals surface area contributed by atoms with Crippen LogP contribution >= 0.6 is 0 Å². The summed E-state index contributed by atoms with van der Waals surface area (Å²) in [6.07, 6.45) is 0.205. The van der Waals surface area contributed by atoms with Gasteiger partial charge in [0.2, 0.25) is 0 Å². The number of benzene rings is 3. The van der Waals surface area contributed by atoms with E-state index >= 15 is 0 Å². The van der Waals surface area contributed by atoms with Gasteiger partial charge in [0.1, 0.15) is 11.9 Å². The Labute approximate surface area is 186 Å². The molecular formula is C26H24N2O4. The van der Waals surface area contributed by atoms with Crippen LogP contribution in [0.5, 0.6) is 5.75 Å². The van der Waals surface area contributed by atoms with E-state index in [1.54, 1.807) is 24.3 Å². The van der Waals surface area contributed by atoms with E-state index < -0.39 is 0 Å². The minimum Gasteiger partial charge on any atom is -0.506 e. The number of anilines is 1. The first-order valence-corrected chi connectivity index (χ1v) is 10.8. The molecule has 1 fully saturated rings. The Bertz CT molecular complexity index is 1150. The lowest BCUT2D eigenvalue weighted by atomic mass is 9.93. The van der Waals surface area contributed by atoms with Crippen LogP contribution in [-0.2, 0) is 11.2 Å². The largest absolute Gasteiger partial charge is 0.506 e. The lowest BCUT2D eigenvalue weighted by Gasteiger charge is -2.36. The van der Waals surface area contributed by atoms with Crippen molar-refractivity contribution in [1.82, 2.24) is 4.90 Å². The average Bonchev–Trinajstić information content (AvgIpc) is 2.84. The number of carbonyl (C=O) groups is 2. The van der Waals surface area contributed by atoms with Gasteiger partial charge in [0.25, 0.3) is 5.91 Å². The zero-order valence-electron chi connectivity index (χ0n) is 17.6. The summed E-state index contributed by atoms with van der Waals surface area (Å²) in [5.74, 6) is -0.142. The Morgan fingerprint density at radius 1 is 0.906 bits per heavy atom. The third-order valence-electron chi connectivity index (χ3n) is 6.19. The molecule has 0 saturated carbocycles. The predicted octanol–water partition coefficient (Wildman–Crippen LogP) is 3.81. The number of nitrogens with zero attached hydrogens (tertiary/aromatic N) is 2. The number of fused-ring (bicyclic) bond motifs is 1. The maximum Gasteiger partial charge on any atom is 0.339 e. The highest BCUT2D eigenvalue weighted by Crippen LogP contribution is 2.32. The van der Waals surface area contributed by atoms with Crippen LogP contribution < -0.4 is 4.90 Å². The van der Waals surface area contributed by atoms with Crippen molar-refractivity contribution in [2.75, 3.05) is 31.1 Å². The number of aromatic hydroxyl groups is 1. The minimum atomic E-state index is -0.351. The molecule has 6 nitrogen and oxygen atoms in total. The van der Waals surface area contributed by atoms with Gasteiger partial charge in [-0.05, 0) is 41.5 Å². The van der Waals surface area contributed by atoms with Crippen LogP contribution in [-0.4, -0.2) is 48.1 Å². The lowest BCUT2D eigenvalue weighted by Crippen LogP contribution is -2.48. The summed E-state index contributed by atoms with van der Waals surface area (Å²) < 4.78 is 5.62. The second kappa shape index (κ2) is 8.38. The minimum absolute atomic E-state index is 0.0417. The number of cyclic esters (lactones) is 1. The first-order valence-electron chi connectivity index (χ1n) is 10.8. The van der Waals surface area contributed by atoms with Crippen molar-refractivity contribution in [1.29, 1.82) is 0 Å². The van der Waals surface area contributed by atoms with Gasteiger partial charge in [-0.1, -0.05) is 42.5 Å². The maximum atomic E-state index is 13.2. The van der Waals surface area contributed by atoms with E-state index in [1.807, 2.05) is 53.4 Å². The number of hydrogen-bond acceptors (Lipinski definition) is 5. The number of phenols is 1. The first kappa shape index (κ1) is 20.1. The topological polar surface area (TPSA) is 70.1 Å². The summed E-state index contributed by atoms with van der Waals surface area (Å²) >= 11 is 0. The highest BCUT2D eigenvalue weighted by atomic mass is 16.5. The smallest absolute Gasteiger partial charge is 0.339 e. The zero-order chi connectivity index (χ0) is 22.1. The highest BCUT2D eigenvalue weighted by molar-refractivity contribution is 5.98. The van der Waals surface area contributed by atoms with Gasteiger partial charge in [-0.25, -0.2) is 4.79 Å². The fraction of sp³-hybridized carbons (Fsp3) is 0.231.